The number of aromatic nitrogens is 1. The van der Waals surface area contributed by atoms with Crippen LogP contribution in [-0.2, 0) is 27.3 Å². The smallest absolute Gasteiger partial charge is 0.246 e. The normalized spacial score (nSPS) is 17.7. The number of ether oxygens (including phenoxy) is 1. The molecule has 0 unspecified atom stereocenters. The van der Waals surface area contributed by atoms with E-state index in [2.05, 4.69) is 4.98 Å². The quantitative estimate of drug-likeness (QED) is 0.757. The van der Waals surface area contributed by atoms with Gasteiger partial charge in [-0.25, -0.2) is 0 Å². The molecule has 1 atom stereocenters. The minimum Gasteiger partial charge on any atom is -0.383 e. The largest absolute Gasteiger partial charge is 0.383 e. The first-order valence-corrected chi connectivity index (χ1v) is 8.70. The summed E-state index contributed by atoms with van der Waals surface area (Å²) in [6.07, 6.45) is 2.18. The molecule has 0 spiro atoms. The number of amides is 2. The molecule has 0 saturated carbocycles. The van der Waals surface area contributed by atoms with Gasteiger partial charge in [0.2, 0.25) is 11.8 Å². The Morgan fingerprint density at radius 3 is 2.58 bits per heavy atom. The Bertz CT molecular complexity index is 736. The van der Waals surface area contributed by atoms with Crippen LogP contribution in [0.1, 0.15) is 11.3 Å². The van der Waals surface area contributed by atoms with Gasteiger partial charge in [0, 0.05) is 26.3 Å². The highest BCUT2D eigenvalue weighted by Gasteiger charge is 2.39. The Morgan fingerprint density at radius 1 is 1.12 bits per heavy atom. The van der Waals surface area contributed by atoms with E-state index in [9.17, 15) is 9.59 Å². The van der Waals surface area contributed by atoms with Gasteiger partial charge in [0.05, 0.1) is 25.4 Å². The van der Waals surface area contributed by atoms with Crippen LogP contribution < -0.4 is 0 Å². The third-order valence-corrected chi connectivity index (χ3v) is 4.52. The van der Waals surface area contributed by atoms with Crippen molar-refractivity contribution in [1.29, 1.82) is 0 Å². The van der Waals surface area contributed by atoms with Crippen molar-refractivity contribution in [3.8, 4) is 0 Å². The summed E-state index contributed by atoms with van der Waals surface area (Å²) in [5.41, 5.74) is 1.80. The van der Waals surface area contributed by atoms with Crippen LogP contribution in [-0.4, -0.2) is 59.4 Å². The van der Waals surface area contributed by atoms with Crippen LogP contribution in [0, 0.1) is 0 Å². The molecule has 0 aliphatic carbocycles. The summed E-state index contributed by atoms with van der Waals surface area (Å²) in [5.74, 6) is -0.103. The van der Waals surface area contributed by atoms with E-state index >= 15 is 0 Å². The number of rotatable bonds is 7. The molecule has 2 aromatic rings. The molecule has 26 heavy (non-hydrogen) atoms. The Kier molecular flexibility index (Phi) is 5.96. The Balaban J connectivity index is 1.84. The third-order valence-electron chi connectivity index (χ3n) is 4.52. The van der Waals surface area contributed by atoms with Crippen LogP contribution in [0.25, 0.3) is 0 Å². The average molecular weight is 353 g/mol. The first kappa shape index (κ1) is 18.1. The average Bonchev–Trinajstić information content (AvgIpc) is 2.68. The van der Waals surface area contributed by atoms with Gasteiger partial charge in [0.15, 0.2) is 0 Å². The molecule has 1 aliphatic heterocycles. The van der Waals surface area contributed by atoms with Gasteiger partial charge in [-0.3, -0.25) is 14.6 Å². The van der Waals surface area contributed by atoms with E-state index in [1.165, 1.54) is 0 Å². The van der Waals surface area contributed by atoms with Crippen LogP contribution in [0.4, 0.5) is 0 Å². The summed E-state index contributed by atoms with van der Waals surface area (Å²) in [6.45, 7) is 1.25. The van der Waals surface area contributed by atoms with E-state index in [0.29, 0.717) is 26.1 Å². The lowest BCUT2D eigenvalue weighted by molar-refractivity contribution is -0.157. The molecule has 136 valence electrons. The predicted octanol–water partition coefficient (Wildman–Crippen LogP) is 1.51. The molecule has 3 rings (SSSR count). The lowest BCUT2D eigenvalue weighted by atomic mass is 10.0. The highest BCUT2D eigenvalue weighted by molar-refractivity contribution is 5.95. The lowest BCUT2D eigenvalue weighted by Crippen LogP contribution is -2.60. The van der Waals surface area contributed by atoms with Gasteiger partial charge in [0.1, 0.15) is 6.04 Å². The third kappa shape index (κ3) is 4.26. The van der Waals surface area contributed by atoms with Crippen molar-refractivity contribution in [2.24, 2.45) is 0 Å². The number of pyridine rings is 1. The molecule has 1 fully saturated rings. The first-order valence-electron chi connectivity index (χ1n) is 8.70. The molecule has 1 aliphatic rings. The summed E-state index contributed by atoms with van der Waals surface area (Å²) in [6, 6.07) is 14.8. The van der Waals surface area contributed by atoms with Crippen LogP contribution in [0.5, 0.6) is 0 Å². The van der Waals surface area contributed by atoms with Crippen molar-refractivity contribution in [2.75, 3.05) is 26.8 Å². The van der Waals surface area contributed by atoms with Crippen molar-refractivity contribution in [3.63, 3.8) is 0 Å². The Labute approximate surface area is 153 Å². The fraction of sp³-hybridized carbons (Fsp3) is 0.350. The topological polar surface area (TPSA) is 62.7 Å². The van der Waals surface area contributed by atoms with E-state index in [0.717, 1.165) is 11.3 Å². The summed E-state index contributed by atoms with van der Waals surface area (Å²) in [5, 5.41) is 0. The molecule has 0 bridgehead atoms. The van der Waals surface area contributed by atoms with Crippen LogP contribution in [0.3, 0.4) is 0 Å². The zero-order valence-corrected chi connectivity index (χ0v) is 14.9. The number of carbonyl (C=O) groups excluding carboxylic acids is 2. The fourth-order valence-electron chi connectivity index (χ4n) is 3.14. The number of hydrogen-bond acceptors (Lipinski definition) is 4. The second-order valence-electron chi connectivity index (χ2n) is 6.30. The molecule has 6 heteroatoms. The highest BCUT2D eigenvalue weighted by Crippen LogP contribution is 2.19. The van der Waals surface area contributed by atoms with Crippen LogP contribution in [0.2, 0.25) is 0 Å². The van der Waals surface area contributed by atoms with Gasteiger partial charge >= 0.3 is 0 Å². The minimum atomic E-state index is -0.530. The molecule has 1 saturated heterocycles. The maximum Gasteiger partial charge on any atom is 0.246 e. The van der Waals surface area contributed by atoms with E-state index < -0.39 is 6.04 Å². The number of benzene rings is 1. The molecular weight excluding hydrogens is 330 g/mol. The number of nitrogens with zero attached hydrogens (tertiary/aromatic N) is 3. The van der Waals surface area contributed by atoms with Crippen LogP contribution >= 0.6 is 0 Å². The SMILES string of the molecule is COCCN1CC(=O)N(Cc2ccccn2)[C@H](Cc2ccccc2)C1=O. The monoisotopic (exact) mass is 353 g/mol. The number of hydrogen-bond donors (Lipinski definition) is 0. The summed E-state index contributed by atoms with van der Waals surface area (Å²) < 4.78 is 5.08. The van der Waals surface area contributed by atoms with E-state index in [4.69, 9.17) is 4.74 Å². The molecule has 2 amide bonds. The highest BCUT2D eigenvalue weighted by atomic mass is 16.5. The Hall–Kier alpha value is -2.73. The first-order chi connectivity index (χ1) is 12.7. The van der Waals surface area contributed by atoms with Gasteiger partial charge in [-0.1, -0.05) is 36.4 Å². The summed E-state index contributed by atoms with van der Waals surface area (Å²) >= 11 is 0. The second-order valence-corrected chi connectivity index (χ2v) is 6.30. The zero-order chi connectivity index (χ0) is 18.4. The maximum atomic E-state index is 13.0. The molecule has 0 N–H and O–H groups in total. The molecule has 1 aromatic carbocycles. The molecule has 2 heterocycles. The van der Waals surface area contributed by atoms with E-state index in [1.807, 2.05) is 48.5 Å². The van der Waals surface area contributed by atoms with E-state index in [1.54, 1.807) is 23.1 Å². The van der Waals surface area contributed by atoms with Gasteiger partial charge in [-0.05, 0) is 17.7 Å². The molecule has 1 aromatic heterocycles. The van der Waals surface area contributed by atoms with Crippen LogP contribution in [0.15, 0.2) is 54.7 Å². The minimum absolute atomic E-state index is 0.0403. The van der Waals surface area contributed by atoms with Crippen molar-refractivity contribution < 1.29 is 14.3 Å². The summed E-state index contributed by atoms with van der Waals surface area (Å²) in [7, 11) is 1.59. The summed E-state index contributed by atoms with van der Waals surface area (Å²) in [4.78, 5) is 33.4. The zero-order valence-electron chi connectivity index (χ0n) is 14.9. The molecular formula is C20H23N3O3. The van der Waals surface area contributed by atoms with Gasteiger partial charge in [-0.2, -0.15) is 0 Å². The standard InChI is InChI=1S/C20H23N3O3/c1-26-12-11-22-15-19(24)23(14-17-9-5-6-10-21-17)18(20(22)25)13-16-7-3-2-4-8-16/h2-10,18H,11-15H2,1H3/t18-/m1/s1. The lowest BCUT2D eigenvalue weighted by Gasteiger charge is -2.40. The molecule has 6 nitrogen and oxygen atoms in total. The van der Waals surface area contributed by atoms with Crippen molar-refractivity contribution in [3.05, 3.63) is 66.0 Å². The predicted molar refractivity (Wildman–Crippen MR) is 97.2 cm³/mol. The fourth-order valence-corrected chi connectivity index (χ4v) is 3.14. The van der Waals surface area contributed by atoms with Gasteiger partial charge in [0.25, 0.3) is 0 Å². The number of carbonyl (C=O) groups is 2. The molecule has 0 radical (unpaired) electrons. The van der Waals surface area contributed by atoms with Crippen molar-refractivity contribution >= 4 is 11.8 Å². The number of piperazine rings is 1. The Morgan fingerprint density at radius 2 is 1.88 bits per heavy atom. The van der Waals surface area contributed by atoms with Gasteiger partial charge < -0.3 is 14.5 Å². The van der Waals surface area contributed by atoms with Gasteiger partial charge in [-0.15, -0.1) is 0 Å². The second kappa shape index (κ2) is 8.58. The van der Waals surface area contributed by atoms with Crippen molar-refractivity contribution in [2.45, 2.75) is 19.0 Å². The van der Waals surface area contributed by atoms with E-state index in [-0.39, 0.29) is 18.4 Å². The van der Waals surface area contributed by atoms with Crippen molar-refractivity contribution in [1.82, 2.24) is 14.8 Å². The number of methoxy groups -OCH3 is 1. The maximum absolute atomic E-state index is 13.0.